The Morgan fingerprint density at radius 1 is 1.35 bits per heavy atom. The summed E-state index contributed by atoms with van der Waals surface area (Å²) in [6.45, 7) is 3.26. The number of piperazine rings is 1. The van der Waals surface area contributed by atoms with E-state index in [9.17, 15) is 18.3 Å². The standard InChI is InChI=1S/C14H19ClF3N3O2/c1-23-9-11(22)8-20-2-4-21(5-3-20)13-12(15)6-10(7-19-13)14(16,17)18/h6-7,11,22H,2-5,8-9H2,1H3. The zero-order valence-corrected chi connectivity index (χ0v) is 13.4. The lowest BCUT2D eigenvalue weighted by atomic mass is 10.2. The van der Waals surface area contributed by atoms with Crippen LogP contribution in [0.5, 0.6) is 0 Å². The molecule has 1 unspecified atom stereocenters. The summed E-state index contributed by atoms with van der Waals surface area (Å²) in [5.74, 6) is 0.358. The van der Waals surface area contributed by atoms with Crippen molar-refractivity contribution in [3.63, 3.8) is 0 Å². The van der Waals surface area contributed by atoms with Gasteiger partial charge in [-0.15, -0.1) is 0 Å². The van der Waals surface area contributed by atoms with Gasteiger partial charge in [-0.1, -0.05) is 11.6 Å². The number of ether oxygens (including phenoxy) is 1. The Hall–Kier alpha value is -1.09. The molecule has 0 saturated carbocycles. The summed E-state index contributed by atoms with van der Waals surface area (Å²) in [6.07, 6.45) is -4.21. The third kappa shape index (κ3) is 4.94. The minimum Gasteiger partial charge on any atom is -0.389 e. The van der Waals surface area contributed by atoms with E-state index in [1.807, 2.05) is 4.90 Å². The van der Waals surface area contributed by atoms with E-state index in [0.29, 0.717) is 38.5 Å². The van der Waals surface area contributed by atoms with Gasteiger partial charge in [0.05, 0.1) is 23.3 Å². The number of hydrogen-bond acceptors (Lipinski definition) is 5. The number of aromatic nitrogens is 1. The van der Waals surface area contributed by atoms with Crippen LogP contribution in [0.1, 0.15) is 5.56 Å². The summed E-state index contributed by atoms with van der Waals surface area (Å²) in [5.41, 5.74) is -0.854. The number of halogens is 4. The van der Waals surface area contributed by atoms with E-state index < -0.39 is 17.8 Å². The van der Waals surface area contributed by atoms with Crippen LogP contribution in [-0.2, 0) is 10.9 Å². The monoisotopic (exact) mass is 353 g/mol. The molecule has 1 N–H and O–H groups in total. The highest BCUT2D eigenvalue weighted by Crippen LogP contribution is 2.33. The first kappa shape index (κ1) is 18.3. The summed E-state index contributed by atoms with van der Waals surface area (Å²) < 4.78 is 42.8. The van der Waals surface area contributed by atoms with Gasteiger partial charge in [-0.25, -0.2) is 4.98 Å². The van der Waals surface area contributed by atoms with Crippen LogP contribution in [-0.4, -0.2) is 67.5 Å². The number of anilines is 1. The van der Waals surface area contributed by atoms with E-state index in [4.69, 9.17) is 16.3 Å². The molecule has 130 valence electrons. The van der Waals surface area contributed by atoms with E-state index in [1.165, 1.54) is 7.11 Å². The Morgan fingerprint density at radius 3 is 2.52 bits per heavy atom. The third-order valence-corrected chi connectivity index (χ3v) is 3.93. The van der Waals surface area contributed by atoms with Crippen LogP contribution < -0.4 is 4.90 Å². The smallest absolute Gasteiger partial charge is 0.389 e. The van der Waals surface area contributed by atoms with Crippen molar-refractivity contribution in [3.8, 4) is 0 Å². The highest BCUT2D eigenvalue weighted by molar-refractivity contribution is 6.33. The molecular weight excluding hydrogens is 335 g/mol. The van der Waals surface area contributed by atoms with Gasteiger partial charge in [-0.2, -0.15) is 13.2 Å². The zero-order chi connectivity index (χ0) is 17.0. The molecule has 1 aliphatic rings. The number of methoxy groups -OCH3 is 1. The summed E-state index contributed by atoms with van der Waals surface area (Å²) in [7, 11) is 1.53. The van der Waals surface area contributed by atoms with Crippen molar-refractivity contribution in [2.75, 3.05) is 51.3 Å². The van der Waals surface area contributed by atoms with Crippen LogP contribution in [0.3, 0.4) is 0 Å². The fraction of sp³-hybridized carbons (Fsp3) is 0.643. The van der Waals surface area contributed by atoms with Gasteiger partial charge in [0.1, 0.15) is 5.82 Å². The second kappa shape index (κ2) is 7.65. The maximum atomic E-state index is 12.6. The fourth-order valence-corrected chi connectivity index (χ4v) is 2.79. The molecule has 9 heteroatoms. The lowest BCUT2D eigenvalue weighted by Gasteiger charge is -2.36. The molecule has 2 rings (SSSR count). The number of aliphatic hydroxyl groups excluding tert-OH is 1. The molecule has 1 aromatic heterocycles. The molecule has 2 heterocycles. The van der Waals surface area contributed by atoms with Gasteiger partial charge in [0.25, 0.3) is 0 Å². The van der Waals surface area contributed by atoms with Gasteiger partial charge < -0.3 is 14.7 Å². The second-order valence-corrected chi connectivity index (χ2v) is 5.83. The molecule has 0 amide bonds. The summed E-state index contributed by atoms with van der Waals surface area (Å²) in [4.78, 5) is 7.79. The third-order valence-electron chi connectivity index (χ3n) is 3.65. The summed E-state index contributed by atoms with van der Waals surface area (Å²) >= 11 is 5.96. The topological polar surface area (TPSA) is 48.8 Å². The van der Waals surface area contributed by atoms with Crippen molar-refractivity contribution in [1.29, 1.82) is 0 Å². The van der Waals surface area contributed by atoms with Crippen molar-refractivity contribution >= 4 is 17.4 Å². The van der Waals surface area contributed by atoms with Crippen molar-refractivity contribution in [3.05, 3.63) is 22.8 Å². The van der Waals surface area contributed by atoms with Gasteiger partial charge in [-0.05, 0) is 6.07 Å². The van der Waals surface area contributed by atoms with Gasteiger partial charge in [0.2, 0.25) is 0 Å². The van der Waals surface area contributed by atoms with Crippen molar-refractivity contribution < 1.29 is 23.0 Å². The van der Waals surface area contributed by atoms with Crippen molar-refractivity contribution in [2.45, 2.75) is 12.3 Å². The van der Waals surface area contributed by atoms with E-state index in [-0.39, 0.29) is 11.6 Å². The minimum absolute atomic E-state index is 0.00677. The molecule has 0 bridgehead atoms. The maximum Gasteiger partial charge on any atom is 0.417 e. The average Bonchev–Trinajstić information content (AvgIpc) is 2.47. The molecule has 0 spiro atoms. The largest absolute Gasteiger partial charge is 0.417 e. The molecular formula is C14H19ClF3N3O2. The normalized spacial score (nSPS) is 18.3. The molecule has 1 aliphatic heterocycles. The van der Waals surface area contributed by atoms with Gasteiger partial charge >= 0.3 is 6.18 Å². The van der Waals surface area contributed by atoms with Gasteiger partial charge in [0, 0.05) is 46.0 Å². The van der Waals surface area contributed by atoms with Crippen LogP contribution in [0.2, 0.25) is 5.02 Å². The Bertz CT molecular complexity index is 522. The molecule has 0 aromatic carbocycles. The zero-order valence-electron chi connectivity index (χ0n) is 12.7. The second-order valence-electron chi connectivity index (χ2n) is 5.42. The Balaban J connectivity index is 1.95. The quantitative estimate of drug-likeness (QED) is 0.876. The Morgan fingerprint density at radius 2 is 2.00 bits per heavy atom. The first-order chi connectivity index (χ1) is 10.8. The summed E-state index contributed by atoms with van der Waals surface area (Å²) in [5, 5.41) is 9.71. The fourth-order valence-electron chi connectivity index (χ4n) is 2.50. The number of aliphatic hydroxyl groups is 1. The summed E-state index contributed by atoms with van der Waals surface area (Å²) in [6, 6.07) is 0.901. The minimum atomic E-state index is -4.45. The van der Waals surface area contributed by atoms with Crippen LogP contribution in [0.25, 0.3) is 0 Å². The van der Waals surface area contributed by atoms with Crippen LogP contribution in [0.15, 0.2) is 12.3 Å². The highest BCUT2D eigenvalue weighted by Gasteiger charge is 2.32. The van der Waals surface area contributed by atoms with Crippen molar-refractivity contribution in [1.82, 2.24) is 9.88 Å². The molecule has 1 atom stereocenters. The number of alkyl halides is 3. The lowest BCUT2D eigenvalue weighted by molar-refractivity contribution is -0.137. The number of hydrogen-bond donors (Lipinski definition) is 1. The first-order valence-electron chi connectivity index (χ1n) is 7.18. The number of rotatable bonds is 5. The van der Waals surface area contributed by atoms with Gasteiger partial charge in [0.15, 0.2) is 0 Å². The first-order valence-corrected chi connectivity index (χ1v) is 7.56. The molecule has 5 nitrogen and oxygen atoms in total. The van der Waals surface area contributed by atoms with E-state index in [0.717, 1.165) is 12.3 Å². The van der Waals surface area contributed by atoms with E-state index in [1.54, 1.807) is 0 Å². The molecule has 0 radical (unpaired) electrons. The SMILES string of the molecule is COCC(O)CN1CCN(c2ncc(C(F)(F)F)cc2Cl)CC1. The molecule has 1 fully saturated rings. The Labute approximate surface area is 137 Å². The number of nitrogens with zero attached hydrogens (tertiary/aromatic N) is 3. The lowest BCUT2D eigenvalue weighted by Crippen LogP contribution is -2.49. The Kier molecular flexibility index (Phi) is 6.07. The molecule has 1 aromatic rings. The van der Waals surface area contributed by atoms with Crippen LogP contribution in [0.4, 0.5) is 19.0 Å². The van der Waals surface area contributed by atoms with E-state index in [2.05, 4.69) is 9.88 Å². The molecule has 0 aliphatic carbocycles. The molecule has 23 heavy (non-hydrogen) atoms. The highest BCUT2D eigenvalue weighted by atomic mass is 35.5. The number of pyridine rings is 1. The number of β-amino-alcohol motifs (C(OH)–C–C–N with tert-alkyl or cyclic N) is 1. The maximum absolute atomic E-state index is 12.6. The predicted molar refractivity (Wildman–Crippen MR) is 80.8 cm³/mol. The predicted octanol–water partition coefficient (Wildman–Crippen LogP) is 1.88. The van der Waals surface area contributed by atoms with E-state index >= 15 is 0 Å². The van der Waals surface area contributed by atoms with Crippen LogP contribution in [0, 0.1) is 0 Å². The van der Waals surface area contributed by atoms with Gasteiger partial charge in [-0.3, -0.25) is 4.90 Å². The van der Waals surface area contributed by atoms with Crippen molar-refractivity contribution in [2.24, 2.45) is 0 Å². The average molecular weight is 354 g/mol. The molecule has 1 saturated heterocycles. The van der Waals surface area contributed by atoms with Crippen LogP contribution >= 0.6 is 11.6 Å².